The second-order valence-electron chi connectivity index (χ2n) is 8.18. The summed E-state index contributed by atoms with van der Waals surface area (Å²) in [6, 6.07) is 13.9. The first-order valence-corrected chi connectivity index (χ1v) is 10.6. The number of nitrogens with one attached hydrogen (secondary N) is 1. The molecule has 3 aromatic rings. The predicted octanol–water partition coefficient (Wildman–Crippen LogP) is 2.70. The Hall–Kier alpha value is -3.19. The van der Waals surface area contributed by atoms with E-state index in [1.54, 1.807) is 17.0 Å². The van der Waals surface area contributed by atoms with E-state index in [4.69, 9.17) is 4.42 Å². The fourth-order valence-corrected chi connectivity index (χ4v) is 4.54. The summed E-state index contributed by atoms with van der Waals surface area (Å²) in [5.74, 6) is 0.534. The Labute approximate surface area is 179 Å². The number of carbonyl (C=O) groups excluding carboxylic acids is 2. The highest BCUT2D eigenvalue weighted by atomic mass is 19.1. The van der Waals surface area contributed by atoms with Gasteiger partial charge in [-0.2, -0.15) is 0 Å². The van der Waals surface area contributed by atoms with Crippen molar-refractivity contribution in [2.45, 2.75) is 25.4 Å². The zero-order valence-corrected chi connectivity index (χ0v) is 17.1. The van der Waals surface area contributed by atoms with E-state index in [0.29, 0.717) is 45.6 Å². The number of rotatable bonds is 4. The molecule has 1 atom stereocenters. The molecule has 3 heterocycles. The molecule has 6 nitrogen and oxygen atoms in total. The Morgan fingerprint density at radius 1 is 1.06 bits per heavy atom. The maximum absolute atomic E-state index is 13.3. The molecule has 0 bridgehead atoms. The Kier molecular flexibility index (Phi) is 5.19. The summed E-state index contributed by atoms with van der Waals surface area (Å²) in [5.41, 5.74) is 2.87. The van der Waals surface area contributed by atoms with Crippen LogP contribution >= 0.6 is 0 Å². The molecule has 1 aromatic heterocycles. The standard InChI is InChI=1S/C24H24FN3O3/c25-17-7-5-16(6-8-17)13-22-19(18-3-1-2-4-21(18)31-22)14-27-11-12-28-20(15-27)24(30)26-10-9-23(28)29/h1-8,20H,9-15H2,(H,26,30). The van der Waals surface area contributed by atoms with Gasteiger partial charge in [0.25, 0.3) is 0 Å². The lowest BCUT2D eigenvalue weighted by Gasteiger charge is -2.39. The van der Waals surface area contributed by atoms with Crippen molar-refractivity contribution in [1.82, 2.24) is 15.1 Å². The number of hydrogen-bond donors (Lipinski definition) is 1. The minimum atomic E-state index is -0.456. The molecule has 0 saturated carbocycles. The maximum Gasteiger partial charge on any atom is 0.244 e. The molecule has 0 radical (unpaired) electrons. The van der Waals surface area contributed by atoms with Gasteiger partial charge in [-0.3, -0.25) is 14.5 Å². The highest BCUT2D eigenvalue weighted by Crippen LogP contribution is 2.30. The van der Waals surface area contributed by atoms with Gasteiger partial charge in [0.15, 0.2) is 0 Å². The van der Waals surface area contributed by atoms with Crippen LogP contribution in [0.25, 0.3) is 11.0 Å². The first-order valence-electron chi connectivity index (χ1n) is 10.6. The second kappa shape index (κ2) is 8.15. The van der Waals surface area contributed by atoms with Gasteiger partial charge in [-0.1, -0.05) is 30.3 Å². The van der Waals surface area contributed by atoms with Crippen molar-refractivity contribution in [2.75, 3.05) is 26.2 Å². The van der Waals surface area contributed by atoms with Crippen molar-refractivity contribution >= 4 is 22.8 Å². The van der Waals surface area contributed by atoms with Gasteiger partial charge in [-0.15, -0.1) is 0 Å². The summed E-state index contributed by atoms with van der Waals surface area (Å²) >= 11 is 0. The molecule has 1 N–H and O–H groups in total. The molecule has 5 rings (SSSR count). The minimum Gasteiger partial charge on any atom is -0.460 e. The highest BCUT2D eigenvalue weighted by Gasteiger charge is 2.37. The molecule has 2 amide bonds. The lowest BCUT2D eigenvalue weighted by Crippen LogP contribution is -2.58. The Bertz CT molecular complexity index is 1120. The number of amides is 2. The molecule has 31 heavy (non-hydrogen) atoms. The summed E-state index contributed by atoms with van der Waals surface area (Å²) in [6.07, 6.45) is 0.920. The van der Waals surface area contributed by atoms with Crippen molar-refractivity contribution in [2.24, 2.45) is 0 Å². The van der Waals surface area contributed by atoms with E-state index in [2.05, 4.69) is 10.2 Å². The number of para-hydroxylation sites is 1. The number of fused-ring (bicyclic) bond motifs is 2. The fraction of sp³-hybridized carbons (Fsp3) is 0.333. The van der Waals surface area contributed by atoms with Crippen molar-refractivity contribution < 1.29 is 18.4 Å². The first-order chi connectivity index (χ1) is 15.1. The summed E-state index contributed by atoms with van der Waals surface area (Å²) in [6.45, 7) is 2.76. The van der Waals surface area contributed by atoms with Crippen LogP contribution in [0.3, 0.4) is 0 Å². The SMILES string of the molecule is O=C1NCCC(=O)N2CCN(Cc3c(Cc4ccc(F)cc4)oc4ccccc34)CC12. The van der Waals surface area contributed by atoms with Crippen LogP contribution in [-0.4, -0.2) is 53.8 Å². The van der Waals surface area contributed by atoms with E-state index in [-0.39, 0.29) is 17.6 Å². The Morgan fingerprint density at radius 2 is 1.87 bits per heavy atom. The van der Waals surface area contributed by atoms with Crippen LogP contribution in [0, 0.1) is 5.82 Å². The number of furan rings is 1. The molecule has 160 valence electrons. The van der Waals surface area contributed by atoms with Crippen LogP contribution in [0.1, 0.15) is 23.3 Å². The molecule has 0 aliphatic carbocycles. The van der Waals surface area contributed by atoms with Gasteiger partial charge in [0.2, 0.25) is 11.8 Å². The predicted molar refractivity (Wildman–Crippen MR) is 114 cm³/mol. The number of nitrogens with zero attached hydrogens (tertiary/aromatic N) is 2. The van der Waals surface area contributed by atoms with E-state index in [0.717, 1.165) is 27.9 Å². The zero-order valence-electron chi connectivity index (χ0n) is 17.1. The lowest BCUT2D eigenvalue weighted by molar-refractivity contribution is -0.141. The molecule has 2 saturated heterocycles. The van der Waals surface area contributed by atoms with E-state index >= 15 is 0 Å². The number of carbonyl (C=O) groups is 2. The largest absolute Gasteiger partial charge is 0.460 e. The third-order valence-corrected chi connectivity index (χ3v) is 6.17. The number of benzene rings is 2. The number of hydrogen-bond acceptors (Lipinski definition) is 4. The van der Waals surface area contributed by atoms with Crippen LogP contribution in [0.2, 0.25) is 0 Å². The van der Waals surface area contributed by atoms with Gasteiger partial charge in [0.1, 0.15) is 23.2 Å². The molecular weight excluding hydrogens is 397 g/mol. The van der Waals surface area contributed by atoms with Gasteiger partial charge >= 0.3 is 0 Å². The van der Waals surface area contributed by atoms with Gasteiger partial charge in [-0.25, -0.2) is 4.39 Å². The first kappa shape index (κ1) is 19.8. The zero-order chi connectivity index (χ0) is 21.4. The van der Waals surface area contributed by atoms with Crippen LogP contribution in [0.4, 0.5) is 4.39 Å². The molecule has 2 aliphatic rings. The third kappa shape index (κ3) is 3.93. The van der Waals surface area contributed by atoms with Crippen molar-refractivity contribution in [3.8, 4) is 0 Å². The Morgan fingerprint density at radius 3 is 2.71 bits per heavy atom. The average molecular weight is 421 g/mol. The van der Waals surface area contributed by atoms with Crippen molar-refractivity contribution in [3.05, 3.63) is 71.2 Å². The smallest absolute Gasteiger partial charge is 0.244 e. The molecule has 2 fully saturated rings. The lowest BCUT2D eigenvalue weighted by atomic mass is 10.0. The fourth-order valence-electron chi connectivity index (χ4n) is 4.54. The van der Waals surface area contributed by atoms with Gasteiger partial charge in [-0.05, 0) is 23.8 Å². The van der Waals surface area contributed by atoms with E-state index in [1.807, 2.05) is 24.3 Å². The number of piperazine rings is 1. The molecule has 7 heteroatoms. The number of halogens is 1. The van der Waals surface area contributed by atoms with Crippen LogP contribution in [-0.2, 0) is 22.6 Å². The van der Waals surface area contributed by atoms with E-state index in [1.165, 1.54) is 12.1 Å². The van der Waals surface area contributed by atoms with Gasteiger partial charge in [0.05, 0.1) is 0 Å². The Balaban J connectivity index is 1.42. The summed E-state index contributed by atoms with van der Waals surface area (Å²) < 4.78 is 19.5. The van der Waals surface area contributed by atoms with Crippen LogP contribution in [0.5, 0.6) is 0 Å². The maximum atomic E-state index is 13.3. The van der Waals surface area contributed by atoms with E-state index in [9.17, 15) is 14.0 Å². The topological polar surface area (TPSA) is 65.8 Å². The highest BCUT2D eigenvalue weighted by molar-refractivity contribution is 5.90. The van der Waals surface area contributed by atoms with Gasteiger partial charge < -0.3 is 14.6 Å². The summed E-state index contributed by atoms with van der Waals surface area (Å²) in [4.78, 5) is 28.8. The minimum absolute atomic E-state index is 0.0359. The normalized spacial score (nSPS) is 19.9. The third-order valence-electron chi connectivity index (χ3n) is 6.17. The second-order valence-corrected chi connectivity index (χ2v) is 8.18. The van der Waals surface area contributed by atoms with E-state index < -0.39 is 6.04 Å². The quantitative estimate of drug-likeness (QED) is 0.704. The van der Waals surface area contributed by atoms with Gasteiger partial charge in [0, 0.05) is 56.5 Å². The summed E-state index contributed by atoms with van der Waals surface area (Å²) in [7, 11) is 0. The molecule has 0 spiro atoms. The molecule has 2 aromatic carbocycles. The van der Waals surface area contributed by atoms with Crippen LogP contribution < -0.4 is 5.32 Å². The molecule has 2 aliphatic heterocycles. The van der Waals surface area contributed by atoms with Crippen molar-refractivity contribution in [1.29, 1.82) is 0 Å². The average Bonchev–Trinajstić information content (AvgIpc) is 3.04. The monoisotopic (exact) mass is 421 g/mol. The molecule has 1 unspecified atom stereocenters. The summed E-state index contributed by atoms with van der Waals surface area (Å²) in [5, 5.41) is 3.90. The van der Waals surface area contributed by atoms with Crippen LogP contribution in [0.15, 0.2) is 52.9 Å². The van der Waals surface area contributed by atoms with Crippen molar-refractivity contribution in [3.63, 3.8) is 0 Å². The molecular formula is C24H24FN3O3.